The number of methoxy groups -OCH3 is 1. The fourth-order valence-corrected chi connectivity index (χ4v) is 3.43. The third-order valence-corrected chi connectivity index (χ3v) is 5.01. The van der Waals surface area contributed by atoms with Crippen LogP contribution in [0.1, 0.15) is 12.5 Å². The van der Waals surface area contributed by atoms with Crippen molar-refractivity contribution in [2.75, 3.05) is 45.5 Å². The SMILES string of the molecule is CCOCCOCCOc1cc2nc(Nc3ccc4cccoc3-4)c(C#N)cc2cc1OC. The smallest absolute Gasteiger partial charge is 0.163 e. The van der Waals surface area contributed by atoms with E-state index in [1.807, 2.05) is 37.3 Å². The van der Waals surface area contributed by atoms with Crippen LogP contribution in [0.25, 0.3) is 22.2 Å². The molecule has 0 amide bonds. The molecule has 1 aromatic carbocycles. The van der Waals surface area contributed by atoms with Gasteiger partial charge >= 0.3 is 0 Å². The molecule has 2 aromatic rings. The normalized spacial score (nSPS) is 10.9. The van der Waals surface area contributed by atoms with Crippen LogP contribution in [0.2, 0.25) is 0 Å². The Labute approximate surface area is 192 Å². The summed E-state index contributed by atoms with van der Waals surface area (Å²) in [5, 5.41) is 13.7. The Morgan fingerprint density at radius 1 is 1.03 bits per heavy atom. The molecule has 0 saturated heterocycles. The maximum atomic E-state index is 9.69. The fourth-order valence-electron chi connectivity index (χ4n) is 3.43. The average molecular weight is 447 g/mol. The van der Waals surface area contributed by atoms with E-state index in [9.17, 15) is 5.26 Å². The number of fused-ring (bicyclic) bond motifs is 2. The van der Waals surface area contributed by atoms with Crippen molar-refractivity contribution in [2.24, 2.45) is 0 Å². The summed E-state index contributed by atoms with van der Waals surface area (Å²) in [4.78, 5) is 4.68. The zero-order chi connectivity index (χ0) is 23.0. The van der Waals surface area contributed by atoms with E-state index in [0.717, 1.165) is 16.6 Å². The van der Waals surface area contributed by atoms with Gasteiger partial charge in [0.2, 0.25) is 0 Å². The van der Waals surface area contributed by atoms with Gasteiger partial charge in [-0.1, -0.05) is 0 Å². The zero-order valence-corrected chi connectivity index (χ0v) is 18.6. The van der Waals surface area contributed by atoms with Gasteiger partial charge in [-0.3, -0.25) is 0 Å². The van der Waals surface area contributed by atoms with Crippen molar-refractivity contribution in [1.82, 2.24) is 4.98 Å². The van der Waals surface area contributed by atoms with Crippen molar-refractivity contribution in [1.29, 1.82) is 5.26 Å². The van der Waals surface area contributed by atoms with Crippen LogP contribution in [-0.4, -0.2) is 45.1 Å². The largest absolute Gasteiger partial charge is 0.493 e. The molecule has 0 saturated carbocycles. The van der Waals surface area contributed by atoms with Crippen LogP contribution in [0.4, 0.5) is 11.5 Å². The summed E-state index contributed by atoms with van der Waals surface area (Å²) in [6, 6.07) is 15.2. The summed E-state index contributed by atoms with van der Waals surface area (Å²) in [6.07, 6.45) is 1.61. The maximum Gasteiger partial charge on any atom is 0.163 e. The summed E-state index contributed by atoms with van der Waals surface area (Å²) in [5.41, 5.74) is 2.77. The first-order valence-corrected chi connectivity index (χ1v) is 10.7. The first-order chi connectivity index (χ1) is 16.2. The minimum atomic E-state index is 0.358. The summed E-state index contributed by atoms with van der Waals surface area (Å²) in [7, 11) is 1.57. The minimum absolute atomic E-state index is 0.358. The van der Waals surface area contributed by atoms with Crippen LogP contribution in [0, 0.1) is 11.3 Å². The number of nitrogens with one attached hydrogen (secondary N) is 1. The molecule has 33 heavy (non-hydrogen) atoms. The second-order valence-corrected chi connectivity index (χ2v) is 7.12. The Morgan fingerprint density at radius 2 is 1.88 bits per heavy atom. The number of benzene rings is 1. The predicted octanol–water partition coefficient (Wildman–Crippen LogP) is 4.99. The van der Waals surface area contributed by atoms with Gasteiger partial charge in [0.15, 0.2) is 17.3 Å². The van der Waals surface area contributed by atoms with Crippen LogP contribution in [0.3, 0.4) is 0 Å². The van der Waals surface area contributed by atoms with Gasteiger partial charge in [-0.2, -0.15) is 5.26 Å². The van der Waals surface area contributed by atoms with Crippen LogP contribution >= 0.6 is 0 Å². The van der Waals surface area contributed by atoms with E-state index in [1.54, 1.807) is 25.5 Å². The van der Waals surface area contributed by atoms with Crippen molar-refractivity contribution in [2.45, 2.75) is 6.92 Å². The minimum Gasteiger partial charge on any atom is -0.493 e. The van der Waals surface area contributed by atoms with Gasteiger partial charge in [0.25, 0.3) is 0 Å². The third kappa shape index (κ3) is 5.17. The van der Waals surface area contributed by atoms with E-state index in [4.69, 9.17) is 23.4 Å². The van der Waals surface area contributed by atoms with Crippen molar-refractivity contribution < 1.29 is 23.4 Å². The predicted molar refractivity (Wildman–Crippen MR) is 124 cm³/mol. The Kier molecular flexibility index (Phi) is 7.25. The third-order valence-electron chi connectivity index (χ3n) is 5.01. The van der Waals surface area contributed by atoms with E-state index in [-0.39, 0.29) is 0 Å². The number of pyridine rings is 1. The number of nitrogens with zero attached hydrogens (tertiary/aromatic N) is 2. The standard InChI is InChI=1S/C25H25N3O5/c1-3-30-9-10-31-11-12-32-23-15-21-18(14-22(23)29-2)13-19(16-26)25(28-21)27-20-7-6-17-5-4-8-33-24(17)20/h4-8,13-15H,3,9-12H2,1-2H3,(H,27,28). The maximum absolute atomic E-state index is 9.69. The summed E-state index contributed by atoms with van der Waals surface area (Å²) >= 11 is 0. The number of anilines is 2. The molecule has 0 bridgehead atoms. The van der Waals surface area contributed by atoms with E-state index in [2.05, 4.69) is 16.4 Å². The van der Waals surface area contributed by atoms with E-state index < -0.39 is 0 Å². The molecular weight excluding hydrogens is 422 g/mol. The molecule has 0 unspecified atom stereocenters. The molecule has 0 atom stereocenters. The second kappa shape index (κ2) is 10.7. The van der Waals surface area contributed by atoms with Gasteiger partial charge in [-0.25, -0.2) is 4.98 Å². The fraction of sp³-hybridized carbons (Fsp3) is 0.280. The Morgan fingerprint density at radius 3 is 2.70 bits per heavy atom. The second-order valence-electron chi connectivity index (χ2n) is 7.12. The average Bonchev–Trinajstić information content (AvgIpc) is 3.25. The Bertz CT molecular complexity index is 1230. The Hall–Kier alpha value is -3.80. The lowest BCUT2D eigenvalue weighted by Gasteiger charge is -2.14. The van der Waals surface area contributed by atoms with Crippen LogP contribution in [0.15, 0.2) is 53.1 Å². The summed E-state index contributed by atoms with van der Waals surface area (Å²) < 4.78 is 27.7. The molecule has 8 nitrogen and oxygen atoms in total. The molecule has 2 aliphatic rings. The number of ether oxygens (including phenoxy) is 4. The lowest BCUT2D eigenvalue weighted by atomic mass is 10.1. The molecule has 1 aromatic heterocycles. The monoisotopic (exact) mass is 447 g/mol. The van der Waals surface area contributed by atoms with Gasteiger partial charge in [0, 0.05) is 23.6 Å². The molecule has 1 aliphatic carbocycles. The molecule has 0 radical (unpaired) electrons. The molecule has 0 spiro atoms. The summed E-state index contributed by atoms with van der Waals surface area (Å²) in [5.74, 6) is 2.25. The number of hydrogen-bond acceptors (Lipinski definition) is 8. The highest BCUT2D eigenvalue weighted by Crippen LogP contribution is 2.36. The van der Waals surface area contributed by atoms with Crippen LogP contribution in [-0.2, 0) is 9.47 Å². The molecular formula is C25H25N3O5. The van der Waals surface area contributed by atoms with Gasteiger partial charge in [0.05, 0.1) is 50.0 Å². The topological polar surface area (TPSA) is 98.8 Å². The van der Waals surface area contributed by atoms with Crippen LogP contribution in [0.5, 0.6) is 11.5 Å². The quantitative estimate of drug-likeness (QED) is 0.321. The first-order valence-electron chi connectivity index (χ1n) is 10.7. The van der Waals surface area contributed by atoms with Crippen molar-refractivity contribution in [3.63, 3.8) is 0 Å². The highest BCUT2D eigenvalue weighted by Gasteiger charge is 2.16. The highest BCUT2D eigenvalue weighted by molar-refractivity contribution is 5.88. The molecule has 8 heteroatoms. The Balaban J connectivity index is 1.55. The van der Waals surface area contributed by atoms with Crippen molar-refractivity contribution in [3.8, 4) is 28.9 Å². The van der Waals surface area contributed by atoms with Gasteiger partial charge in [-0.05, 0) is 43.3 Å². The van der Waals surface area contributed by atoms with Crippen molar-refractivity contribution >= 4 is 22.4 Å². The number of hydrogen-bond donors (Lipinski definition) is 1. The number of aromatic nitrogens is 1. The van der Waals surface area contributed by atoms with E-state index in [0.29, 0.717) is 67.2 Å². The number of rotatable bonds is 11. The number of nitriles is 1. The van der Waals surface area contributed by atoms with Gasteiger partial charge < -0.3 is 28.7 Å². The first kappa shape index (κ1) is 22.4. The lowest BCUT2D eigenvalue weighted by Crippen LogP contribution is -2.11. The molecule has 0 fully saturated rings. The molecule has 1 N–H and O–H groups in total. The highest BCUT2D eigenvalue weighted by atomic mass is 16.5. The zero-order valence-electron chi connectivity index (χ0n) is 18.6. The molecule has 170 valence electrons. The molecule has 1 aliphatic heterocycles. The molecule has 2 heterocycles. The van der Waals surface area contributed by atoms with E-state index >= 15 is 0 Å². The van der Waals surface area contributed by atoms with Gasteiger partial charge in [0.1, 0.15) is 18.5 Å². The summed E-state index contributed by atoms with van der Waals surface area (Å²) in [6.45, 7) is 4.47. The molecule has 4 rings (SSSR count). The van der Waals surface area contributed by atoms with Crippen LogP contribution < -0.4 is 14.8 Å². The van der Waals surface area contributed by atoms with Gasteiger partial charge in [-0.15, -0.1) is 0 Å². The van der Waals surface area contributed by atoms with Crippen molar-refractivity contribution in [3.05, 3.63) is 54.3 Å². The van der Waals surface area contributed by atoms with E-state index in [1.165, 1.54) is 0 Å². The lowest BCUT2D eigenvalue weighted by molar-refractivity contribution is 0.0402.